The summed E-state index contributed by atoms with van der Waals surface area (Å²) in [5, 5.41) is 23.6. The molecule has 7 heteroatoms. The summed E-state index contributed by atoms with van der Waals surface area (Å²) >= 11 is 0. The maximum atomic E-state index is 8.89. The third-order valence-corrected chi connectivity index (χ3v) is 0. The van der Waals surface area contributed by atoms with Crippen molar-refractivity contribution < 1.29 is 15.0 Å². The molecular weight excluding hydrogens is 158 g/mol. The van der Waals surface area contributed by atoms with Gasteiger partial charge in [-0.1, -0.05) is 0 Å². The van der Waals surface area contributed by atoms with E-state index in [4.69, 9.17) is 25.2 Å². The van der Waals surface area contributed by atoms with Crippen LogP contribution < -0.4 is 5.11 Å². The molecule has 0 rings (SSSR count). The third-order valence-electron chi connectivity index (χ3n) is 0. The van der Waals surface area contributed by atoms with Crippen molar-refractivity contribution in [2.45, 2.75) is 6.92 Å². The number of carbonyl (C=O) groups is 1. The fourth-order valence-electron chi connectivity index (χ4n) is 0. The molecule has 0 aliphatic heterocycles. The van der Waals surface area contributed by atoms with Gasteiger partial charge in [-0.15, -0.1) is 0 Å². The quantitative estimate of drug-likeness (QED) is 0.235. The van der Waals surface area contributed by atoms with Crippen molar-refractivity contribution in [2.24, 2.45) is 0 Å². The molecule has 0 radical (unpaired) electrons. The van der Waals surface area contributed by atoms with Crippen LogP contribution in [0, 0.1) is 15.3 Å². The predicted molar refractivity (Wildman–Crippen MR) is 26.8 cm³/mol. The first-order valence-corrected chi connectivity index (χ1v) is 1.46. The van der Waals surface area contributed by atoms with Crippen molar-refractivity contribution >= 4 is 43.7 Å². The molecule has 0 aromatic heterocycles. The summed E-state index contributed by atoms with van der Waals surface area (Å²) in [5.74, 6) is -1.08. The van der Waals surface area contributed by atoms with Gasteiger partial charge in [-0.2, -0.15) is 0 Å². The Morgan fingerprint density at radius 2 is 1.44 bits per heavy atom. The molecule has 0 N–H and O–H groups in total. The van der Waals surface area contributed by atoms with E-state index in [1.54, 1.807) is 0 Å². The number of carboxylic acids is 1. The number of hydrogen-bond donors (Lipinski definition) is 0. The Hall–Kier alpha value is -0.0703. The van der Waals surface area contributed by atoms with Crippen LogP contribution in [0.15, 0.2) is 0 Å². The van der Waals surface area contributed by atoms with Crippen LogP contribution in [-0.4, -0.2) is 48.8 Å². The minimum atomic E-state index is -1.75. The average molecular weight is 161 g/mol. The van der Waals surface area contributed by atoms with Crippen LogP contribution in [0.5, 0.6) is 0 Å². The van der Waals surface area contributed by atoms with Gasteiger partial charge in [-0.3, -0.25) is 0 Å². The van der Waals surface area contributed by atoms with E-state index in [1.165, 1.54) is 0 Å². The number of aliphatic carboxylic acids is 1. The zero-order chi connectivity index (χ0) is 7.15. The minimum Gasteiger partial charge on any atom is -0.550 e. The van der Waals surface area contributed by atoms with Crippen LogP contribution in [0.2, 0.25) is 0 Å². The average Bonchev–Trinajstić information content (AvgIpc) is 1.25. The van der Waals surface area contributed by atoms with E-state index in [-0.39, 0.29) is 37.7 Å². The summed E-state index contributed by atoms with van der Waals surface area (Å²) in [4.78, 5) is 17.1. The number of nitrogens with zero attached hydrogens (tertiary/aromatic N) is 1. The Balaban J connectivity index is -0.0000000720. The number of carbonyl (C=O) groups excluding carboxylic acids is 1. The van der Waals surface area contributed by atoms with Crippen molar-refractivity contribution in [3.63, 3.8) is 0 Å². The molecule has 48 valence electrons. The predicted octanol–water partition coefficient (Wildman–Crippen LogP) is -1.86. The van der Waals surface area contributed by atoms with Gasteiger partial charge in [0.1, 0.15) is 0 Å². The molecule has 0 fully saturated rings. The van der Waals surface area contributed by atoms with Gasteiger partial charge in [0.15, 0.2) is 0 Å². The summed E-state index contributed by atoms with van der Waals surface area (Å²) in [6.45, 7) is 0.972. The van der Waals surface area contributed by atoms with Gasteiger partial charge < -0.3 is 25.2 Å². The second-order valence-electron chi connectivity index (χ2n) is 0.715. The van der Waals surface area contributed by atoms with Crippen LogP contribution in [-0.2, 0) is 4.79 Å². The Labute approximate surface area is 80.6 Å². The van der Waals surface area contributed by atoms with E-state index in [0.717, 1.165) is 6.92 Å². The van der Waals surface area contributed by atoms with Gasteiger partial charge in [-0.05, 0) is 6.92 Å². The smallest absolute Gasteiger partial charge is 0.550 e. The van der Waals surface area contributed by atoms with Crippen molar-refractivity contribution in [3.8, 4) is 0 Å². The van der Waals surface area contributed by atoms with Crippen molar-refractivity contribution in [1.29, 1.82) is 0 Å². The van der Waals surface area contributed by atoms with Crippen LogP contribution in [0.25, 0.3) is 0 Å². The zero-order valence-electron chi connectivity index (χ0n) is 4.70. The summed E-state index contributed by atoms with van der Waals surface area (Å²) < 4.78 is 0. The van der Waals surface area contributed by atoms with Gasteiger partial charge in [0.25, 0.3) is 0 Å². The first-order valence-electron chi connectivity index (χ1n) is 1.46. The fourth-order valence-corrected chi connectivity index (χ4v) is 0. The molecule has 0 aromatic rings. The van der Waals surface area contributed by atoms with E-state index in [2.05, 4.69) is 0 Å². The molecule has 0 aliphatic carbocycles. The molecule has 0 aliphatic rings. The number of carboxylic acid groups (broad SMARTS) is 1. The van der Waals surface area contributed by atoms with Crippen LogP contribution in [0.1, 0.15) is 6.92 Å². The number of rotatable bonds is 0. The van der Waals surface area contributed by atoms with Gasteiger partial charge >= 0.3 is 37.7 Å². The second kappa shape index (κ2) is 10.8. The van der Waals surface area contributed by atoms with Gasteiger partial charge in [0, 0.05) is 5.97 Å². The van der Waals surface area contributed by atoms with Gasteiger partial charge in [-0.25, -0.2) is 0 Å². The van der Waals surface area contributed by atoms with E-state index in [9.17, 15) is 0 Å². The molecule has 9 heavy (non-hydrogen) atoms. The van der Waals surface area contributed by atoms with Crippen LogP contribution in [0.4, 0.5) is 0 Å². The van der Waals surface area contributed by atoms with Crippen LogP contribution >= 0.6 is 0 Å². The molecule has 0 saturated heterocycles. The molecular formula is C2H3CaNO5. The van der Waals surface area contributed by atoms with Crippen molar-refractivity contribution in [1.82, 2.24) is 0 Å². The van der Waals surface area contributed by atoms with Gasteiger partial charge in [0.05, 0.1) is 5.09 Å². The monoisotopic (exact) mass is 161 g/mol. The second-order valence-corrected chi connectivity index (χ2v) is 0.715. The van der Waals surface area contributed by atoms with Crippen molar-refractivity contribution in [3.05, 3.63) is 15.3 Å². The maximum absolute atomic E-state index is 8.89. The SMILES string of the molecule is CC(=O)[O-].O=[N+]([O-])[O-].[Ca+2]. The zero-order valence-corrected chi connectivity index (χ0v) is 6.90. The Morgan fingerprint density at radius 3 is 1.44 bits per heavy atom. The molecule has 0 unspecified atom stereocenters. The van der Waals surface area contributed by atoms with Gasteiger partial charge in [0.2, 0.25) is 0 Å². The molecule has 0 heterocycles. The van der Waals surface area contributed by atoms with E-state index >= 15 is 0 Å². The van der Waals surface area contributed by atoms with Crippen molar-refractivity contribution in [2.75, 3.05) is 0 Å². The normalized spacial score (nSPS) is 5.44. The van der Waals surface area contributed by atoms with E-state index in [1.807, 2.05) is 0 Å². The Morgan fingerprint density at radius 1 is 1.44 bits per heavy atom. The first-order chi connectivity index (χ1) is 3.46. The summed E-state index contributed by atoms with van der Waals surface area (Å²) in [7, 11) is 0. The molecule has 0 bridgehead atoms. The largest absolute Gasteiger partial charge is 2.00 e. The Bertz CT molecular complexity index is 73.0. The fraction of sp³-hybridized carbons (Fsp3) is 0.500. The molecule has 0 spiro atoms. The molecule has 6 nitrogen and oxygen atoms in total. The first kappa shape index (κ1) is 16.0. The number of hydrogen-bond acceptors (Lipinski definition) is 5. The topological polar surface area (TPSA) is 106 Å². The van der Waals surface area contributed by atoms with E-state index in [0.29, 0.717) is 0 Å². The maximum Gasteiger partial charge on any atom is 2.00 e. The minimum absolute atomic E-state index is 0. The molecule has 0 saturated carbocycles. The van der Waals surface area contributed by atoms with E-state index < -0.39 is 11.1 Å². The molecule has 0 atom stereocenters. The Kier molecular flexibility index (Phi) is 19.2. The standard InChI is InChI=1S/C2H4O2.Ca.NO3/c1-2(3)4;;2-1(3)4/h1H3,(H,3,4);;/q;+2;-1/p-1. The molecule has 0 amide bonds. The summed E-state index contributed by atoms with van der Waals surface area (Å²) in [6.07, 6.45) is 0. The van der Waals surface area contributed by atoms with Crippen LogP contribution in [0.3, 0.4) is 0 Å². The summed E-state index contributed by atoms with van der Waals surface area (Å²) in [5.41, 5.74) is 0. The third kappa shape index (κ3) is 56500. The molecule has 0 aromatic carbocycles. The summed E-state index contributed by atoms with van der Waals surface area (Å²) in [6, 6.07) is 0.